The van der Waals surface area contributed by atoms with Gasteiger partial charge >= 0.3 is 0 Å². The third-order valence-corrected chi connectivity index (χ3v) is 6.61. The van der Waals surface area contributed by atoms with Crippen LogP contribution in [0.25, 0.3) is 16.6 Å². The largest absolute Gasteiger partial charge is 0.494 e. The summed E-state index contributed by atoms with van der Waals surface area (Å²) in [4.78, 5) is 26.6. The summed E-state index contributed by atoms with van der Waals surface area (Å²) in [5.74, 6) is -2.60. The Morgan fingerprint density at radius 1 is 1.07 bits per heavy atom. The smallest absolute Gasteiger partial charge is 0.267 e. The van der Waals surface area contributed by atoms with Gasteiger partial charge in [-0.15, -0.1) is 0 Å². The molecule has 9 nitrogen and oxygen atoms in total. The Kier molecular flexibility index (Phi) is 7.14. The SMILES string of the molecule is COc1ccc(C(=N)c2c(N)ncnc2N[C@@H](C)c2nc3cccc(Cl)c3c(=O)n2-c2ccccc2)c(F)c1F. The molecule has 0 aliphatic carbocycles. The Morgan fingerprint density at radius 2 is 1.82 bits per heavy atom. The summed E-state index contributed by atoms with van der Waals surface area (Å²) in [6.45, 7) is 1.73. The molecule has 3 aromatic carbocycles. The molecular formula is C28H22ClF2N7O2. The number of nitrogens with one attached hydrogen (secondary N) is 2. The number of nitrogen functional groups attached to an aromatic ring is 1. The Morgan fingerprint density at radius 3 is 2.55 bits per heavy atom. The average molecular weight is 562 g/mol. The summed E-state index contributed by atoms with van der Waals surface area (Å²) < 4.78 is 35.6. The topological polar surface area (TPSA) is 132 Å². The van der Waals surface area contributed by atoms with Crippen molar-refractivity contribution in [2.45, 2.75) is 13.0 Å². The summed E-state index contributed by atoms with van der Waals surface area (Å²) in [5, 5.41) is 12.3. The Hall–Kier alpha value is -4.90. The number of hydrogen-bond donors (Lipinski definition) is 3. The fraction of sp³-hybridized carbons (Fsp3) is 0.107. The van der Waals surface area contributed by atoms with E-state index in [1.54, 1.807) is 49.4 Å². The average Bonchev–Trinajstić information content (AvgIpc) is 2.94. The maximum Gasteiger partial charge on any atom is 0.267 e. The number of halogens is 3. The van der Waals surface area contributed by atoms with Crippen molar-refractivity contribution in [3.05, 3.63) is 111 Å². The fourth-order valence-electron chi connectivity index (χ4n) is 4.37. The van der Waals surface area contributed by atoms with Crippen molar-refractivity contribution in [2.75, 3.05) is 18.2 Å². The molecule has 0 saturated carbocycles. The van der Waals surface area contributed by atoms with Crippen LogP contribution in [-0.4, -0.2) is 32.3 Å². The first-order valence-electron chi connectivity index (χ1n) is 12.0. The van der Waals surface area contributed by atoms with E-state index in [2.05, 4.69) is 15.3 Å². The molecule has 0 amide bonds. The predicted octanol–water partition coefficient (Wildman–Crippen LogP) is 5.29. The van der Waals surface area contributed by atoms with E-state index in [4.69, 9.17) is 32.5 Å². The van der Waals surface area contributed by atoms with Crippen LogP contribution in [0.2, 0.25) is 5.02 Å². The maximum atomic E-state index is 14.9. The summed E-state index contributed by atoms with van der Waals surface area (Å²) in [7, 11) is 1.21. The lowest BCUT2D eigenvalue weighted by Crippen LogP contribution is -2.28. The number of rotatable bonds is 7. The van der Waals surface area contributed by atoms with E-state index in [9.17, 15) is 13.6 Å². The van der Waals surface area contributed by atoms with Crippen LogP contribution in [0.5, 0.6) is 5.75 Å². The molecule has 0 spiro atoms. The van der Waals surface area contributed by atoms with Crippen LogP contribution in [0.3, 0.4) is 0 Å². The molecule has 0 radical (unpaired) electrons. The van der Waals surface area contributed by atoms with Crippen LogP contribution in [0.15, 0.2) is 71.8 Å². The molecule has 0 fully saturated rings. The van der Waals surface area contributed by atoms with E-state index >= 15 is 0 Å². The van der Waals surface area contributed by atoms with Crippen molar-refractivity contribution in [1.29, 1.82) is 5.41 Å². The molecule has 0 aliphatic rings. The van der Waals surface area contributed by atoms with E-state index in [0.29, 0.717) is 17.0 Å². The van der Waals surface area contributed by atoms with Crippen LogP contribution < -0.4 is 21.3 Å². The molecule has 5 rings (SSSR count). The van der Waals surface area contributed by atoms with Crippen LogP contribution in [0.1, 0.15) is 29.9 Å². The minimum Gasteiger partial charge on any atom is -0.494 e. The van der Waals surface area contributed by atoms with Gasteiger partial charge in [-0.2, -0.15) is 4.39 Å². The van der Waals surface area contributed by atoms with Gasteiger partial charge in [0.25, 0.3) is 5.56 Å². The predicted molar refractivity (Wildman–Crippen MR) is 150 cm³/mol. The maximum absolute atomic E-state index is 14.9. The normalized spacial score (nSPS) is 11.8. The van der Waals surface area contributed by atoms with Gasteiger partial charge < -0.3 is 15.8 Å². The standard InChI is InChI=1S/C28H22ClF2N7O2/c1-14(27-37-18-10-6-9-17(29)20(18)28(39)38(27)15-7-4-3-5-8-15)36-26-21(25(33)34-13-35-26)24(32)16-11-12-19(40-2)23(31)22(16)30/h3-14,32H,1-2H3,(H3,33,34,35,36)/t14-/m0/s1. The molecule has 0 unspecified atom stereocenters. The van der Waals surface area contributed by atoms with Crippen molar-refractivity contribution in [3.63, 3.8) is 0 Å². The van der Waals surface area contributed by atoms with E-state index in [1.165, 1.54) is 30.1 Å². The summed E-state index contributed by atoms with van der Waals surface area (Å²) in [6, 6.07) is 15.6. The Bertz CT molecular complexity index is 1830. The van der Waals surface area contributed by atoms with Gasteiger partial charge in [-0.3, -0.25) is 14.8 Å². The second kappa shape index (κ2) is 10.7. The fourth-order valence-corrected chi connectivity index (χ4v) is 4.62. The number of ether oxygens (including phenoxy) is 1. The lowest BCUT2D eigenvalue weighted by Gasteiger charge is -2.22. The van der Waals surface area contributed by atoms with E-state index < -0.39 is 23.4 Å². The van der Waals surface area contributed by atoms with Gasteiger partial charge in [0.2, 0.25) is 5.82 Å². The number of benzene rings is 3. The zero-order chi connectivity index (χ0) is 28.6. The number of fused-ring (bicyclic) bond motifs is 1. The molecule has 202 valence electrons. The van der Waals surface area contributed by atoms with Crippen molar-refractivity contribution >= 4 is 39.9 Å². The monoisotopic (exact) mass is 561 g/mol. The molecule has 0 saturated heterocycles. The third kappa shape index (κ3) is 4.60. The van der Waals surface area contributed by atoms with Gasteiger partial charge in [0.1, 0.15) is 23.8 Å². The first kappa shape index (κ1) is 26.7. The number of nitrogens with zero attached hydrogens (tertiary/aromatic N) is 4. The van der Waals surface area contributed by atoms with Gasteiger partial charge in [0.15, 0.2) is 11.6 Å². The summed E-state index contributed by atoms with van der Waals surface area (Å²) in [5.41, 5.74) is 5.78. The van der Waals surface area contributed by atoms with Gasteiger partial charge in [-0.05, 0) is 43.3 Å². The quantitative estimate of drug-likeness (QED) is 0.230. The van der Waals surface area contributed by atoms with Crippen LogP contribution in [0.4, 0.5) is 20.4 Å². The number of anilines is 2. The third-order valence-electron chi connectivity index (χ3n) is 6.29. The summed E-state index contributed by atoms with van der Waals surface area (Å²) >= 11 is 6.37. The zero-order valence-corrected chi connectivity index (χ0v) is 22.0. The lowest BCUT2D eigenvalue weighted by molar-refractivity contribution is 0.371. The highest BCUT2D eigenvalue weighted by molar-refractivity contribution is 6.35. The van der Waals surface area contributed by atoms with Crippen molar-refractivity contribution < 1.29 is 13.5 Å². The van der Waals surface area contributed by atoms with Crippen LogP contribution >= 0.6 is 11.6 Å². The van der Waals surface area contributed by atoms with Gasteiger partial charge in [-0.1, -0.05) is 35.9 Å². The minimum atomic E-state index is -1.28. The molecule has 1 atom stereocenters. The summed E-state index contributed by atoms with van der Waals surface area (Å²) in [6.07, 6.45) is 1.17. The van der Waals surface area contributed by atoms with Crippen molar-refractivity contribution in [3.8, 4) is 11.4 Å². The second-order valence-corrected chi connectivity index (χ2v) is 9.15. The van der Waals surface area contributed by atoms with E-state index in [0.717, 1.165) is 0 Å². The van der Waals surface area contributed by atoms with Crippen molar-refractivity contribution in [2.24, 2.45) is 0 Å². The number of nitrogens with two attached hydrogens (primary N) is 1. The highest BCUT2D eigenvalue weighted by Crippen LogP contribution is 2.30. The number of hydrogen-bond acceptors (Lipinski definition) is 8. The number of aromatic nitrogens is 4. The van der Waals surface area contributed by atoms with E-state index in [-0.39, 0.29) is 44.5 Å². The van der Waals surface area contributed by atoms with Crippen LogP contribution in [0, 0.1) is 17.0 Å². The van der Waals surface area contributed by atoms with Gasteiger partial charge in [-0.25, -0.2) is 19.3 Å². The molecule has 2 aromatic heterocycles. The van der Waals surface area contributed by atoms with Crippen molar-refractivity contribution in [1.82, 2.24) is 19.5 Å². The first-order chi connectivity index (χ1) is 19.2. The highest BCUT2D eigenvalue weighted by atomic mass is 35.5. The first-order valence-corrected chi connectivity index (χ1v) is 12.4. The molecular weight excluding hydrogens is 540 g/mol. The highest BCUT2D eigenvalue weighted by Gasteiger charge is 2.25. The van der Waals surface area contributed by atoms with Gasteiger partial charge in [0.05, 0.1) is 46.0 Å². The zero-order valence-electron chi connectivity index (χ0n) is 21.2. The molecule has 0 bridgehead atoms. The molecule has 4 N–H and O–H groups in total. The Labute approximate surface area is 231 Å². The second-order valence-electron chi connectivity index (χ2n) is 8.75. The van der Waals surface area contributed by atoms with Crippen LogP contribution in [-0.2, 0) is 0 Å². The molecule has 12 heteroatoms. The van der Waals surface area contributed by atoms with Gasteiger partial charge in [0, 0.05) is 5.56 Å². The number of para-hydroxylation sites is 1. The number of methoxy groups -OCH3 is 1. The molecule has 5 aromatic rings. The lowest BCUT2D eigenvalue weighted by atomic mass is 10.0. The molecule has 0 aliphatic heterocycles. The Balaban J connectivity index is 1.63. The van der Waals surface area contributed by atoms with E-state index in [1.807, 2.05) is 6.07 Å². The molecule has 40 heavy (non-hydrogen) atoms. The molecule has 2 heterocycles. The minimum absolute atomic E-state index is 0.0562.